The molecule has 0 saturated heterocycles. The van der Waals surface area contributed by atoms with Crippen LogP contribution in [0.5, 0.6) is 0 Å². The van der Waals surface area contributed by atoms with E-state index in [1.165, 1.54) is 55.5 Å². The Kier molecular flexibility index (Phi) is 7.37. The van der Waals surface area contributed by atoms with Gasteiger partial charge in [0, 0.05) is 18.4 Å². The first-order chi connectivity index (χ1) is 11.2. The van der Waals surface area contributed by atoms with Crippen LogP contribution in [0, 0.1) is 11.8 Å². The summed E-state index contributed by atoms with van der Waals surface area (Å²) in [5.74, 6) is 7.16. The summed E-state index contributed by atoms with van der Waals surface area (Å²) in [4.78, 5) is 3.74. The van der Waals surface area contributed by atoms with Crippen molar-refractivity contribution in [2.24, 2.45) is 0 Å². The molecular weight excluding hydrogens is 298 g/mol. The van der Waals surface area contributed by atoms with E-state index in [0.717, 1.165) is 12.8 Å². The maximum atomic E-state index is 3.66. The second-order valence-electron chi connectivity index (χ2n) is 6.48. The van der Waals surface area contributed by atoms with Crippen LogP contribution < -0.4 is 4.90 Å². The Hall–Kier alpha value is -1.07. The predicted octanol–water partition coefficient (Wildman–Crippen LogP) is 6.48. The summed E-state index contributed by atoms with van der Waals surface area (Å²) in [7, 11) is 2.21. The average molecular weight is 330 g/mol. The van der Waals surface area contributed by atoms with Crippen LogP contribution in [-0.4, -0.2) is 11.9 Å². The number of rotatable bonds is 8. The van der Waals surface area contributed by atoms with Gasteiger partial charge < -0.3 is 4.90 Å². The summed E-state index contributed by atoms with van der Waals surface area (Å²) in [6.45, 7) is 4.53. The number of benzene rings is 1. The number of unbranched alkanes of at least 4 members (excludes halogenated alkanes) is 6. The lowest BCUT2D eigenvalue weighted by atomic mass is 10.1. The Morgan fingerprint density at radius 1 is 1.00 bits per heavy atom. The van der Waals surface area contributed by atoms with Crippen LogP contribution in [0.1, 0.15) is 71.6 Å². The first-order valence-electron chi connectivity index (χ1n) is 9.25. The third-order valence-electron chi connectivity index (χ3n) is 4.61. The average Bonchev–Trinajstić information content (AvgIpc) is 2.85. The summed E-state index contributed by atoms with van der Waals surface area (Å²) in [6, 6.07) is 8.72. The molecule has 0 aliphatic carbocycles. The zero-order chi connectivity index (χ0) is 16.5. The molecule has 0 N–H and O–H groups in total. The largest absolute Gasteiger partial charge is 0.349 e. The van der Waals surface area contributed by atoms with Gasteiger partial charge in [-0.05, 0) is 31.4 Å². The molecule has 0 saturated carbocycles. The lowest BCUT2D eigenvalue weighted by Crippen LogP contribution is -2.39. The number of thioether (sulfide) groups is 1. The molecule has 0 amide bonds. The fourth-order valence-corrected chi connectivity index (χ4v) is 4.51. The molecule has 1 unspecified atom stereocenters. The molecule has 1 nitrogen and oxygen atoms in total. The molecule has 0 aromatic heterocycles. The van der Waals surface area contributed by atoms with Gasteiger partial charge in [-0.15, -0.1) is 0 Å². The Morgan fingerprint density at radius 2 is 1.74 bits per heavy atom. The molecule has 23 heavy (non-hydrogen) atoms. The standard InChI is InChI=1S/C21H31NS/c1-4-6-8-9-10-11-14-18-21(17-7-5-2)22(3)19-15-12-13-16-20(19)23-21/h12-13,15-16H,4-11,17H2,1-3H3. The minimum absolute atomic E-state index is 0.0525. The molecule has 1 atom stereocenters. The van der Waals surface area contributed by atoms with E-state index >= 15 is 0 Å². The molecule has 1 aromatic rings. The lowest BCUT2D eigenvalue weighted by Gasteiger charge is -2.32. The van der Waals surface area contributed by atoms with E-state index in [1.807, 2.05) is 11.8 Å². The lowest BCUT2D eigenvalue weighted by molar-refractivity contribution is 0.607. The molecule has 1 heterocycles. The zero-order valence-electron chi connectivity index (χ0n) is 15.0. The van der Waals surface area contributed by atoms with Gasteiger partial charge >= 0.3 is 0 Å². The summed E-state index contributed by atoms with van der Waals surface area (Å²) in [5, 5.41) is 0. The van der Waals surface area contributed by atoms with Crippen LogP contribution in [-0.2, 0) is 0 Å². The first kappa shape index (κ1) is 18.3. The summed E-state index contributed by atoms with van der Waals surface area (Å²) < 4.78 is 0. The number of hydrogen-bond acceptors (Lipinski definition) is 2. The van der Waals surface area contributed by atoms with E-state index in [9.17, 15) is 0 Å². The van der Waals surface area contributed by atoms with Gasteiger partial charge in [0.25, 0.3) is 0 Å². The van der Waals surface area contributed by atoms with Crippen molar-refractivity contribution in [1.82, 2.24) is 0 Å². The SMILES string of the molecule is CCCCCCCC#CC1(CCCC)Sc2ccccc2N1C. The zero-order valence-corrected chi connectivity index (χ0v) is 15.8. The molecule has 1 aliphatic heterocycles. The second kappa shape index (κ2) is 9.28. The Balaban J connectivity index is 2.01. The number of nitrogens with zero attached hydrogens (tertiary/aromatic N) is 1. The van der Waals surface area contributed by atoms with Crippen molar-refractivity contribution < 1.29 is 0 Å². The normalized spacial score (nSPS) is 19.3. The Bertz CT molecular complexity index is 542. The summed E-state index contributed by atoms with van der Waals surface area (Å²) in [6.07, 6.45) is 11.3. The molecule has 0 spiro atoms. The third kappa shape index (κ3) is 4.70. The fourth-order valence-electron chi connectivity index (χ4n) is 3.09. The van der Waals surface area contributed by atoms with Crippen LogP contribution in [0.3, 0.4) is 0 Å². The van der Waals surface area contributed by atoms with Crippen LogP contribution >= 0.6 is 11.8 Å². The van der Waals surface area contributed by atoms with Gasteiger partial charge in [-0.25, -0.2) is 0 Å². The van der Waals surface area contributed by atoms with Gasteiger partial charge in [0.1, 0.15) is 0 Å². The maximum Gasteiger partial charge on any atom is 0.152 e. The van der Waals surface area contributed by atoms with E-state index in [-0.39, 0.29) is 4.87 Å². The maximum absolute atomic E-state index is 3.66. The Labute approximate surface area is 147 Å². The monoisotopic (exact) mass is 329 g/mol. The quantitative estimate of drug-likeness (QED) is 0.397. The van der Waals surface area contributed by atoms with Gasteiger partial charge in [0.2, 0.25) is 0 Å². The first-order valence-corrected chi connectivity index (χ1v) is 10.1. The van der Waals surface area contributed by atoms with Crippen molar-refractivity contribution in [2.75, 3.05) is 11.9 Å². The second-order valence-corrected chi connectivity index (χ2v) is 7.80. The topological polar surface area (TPSA) is 3.24 Å². The van der Waals surface area contributed by atoms with E-state index in [1.54, 1.807) is 0 Å². The van der Waals surface area contributed by atoms with Crippen molar-refractivity contribution in [2.45, 2.75) is 81.4 Å². The van der Waals surface area contributed by atoms with Crippen molar-refractivity contribution in [1.29, 1.82) is 0 Å². The van der Waals surface area contributed by atoms with E-state index < -0.39 is 0 Å². The summed E-state index contributed by atoms with van der Waals surface area (Å²) in [5.41, 5.74) is 1.34. The van der Waals surface area contributed by atoms with E-state index in [2.05, 4.69) is 61.9 Å². The fraction of sp³-hybridized carbons (Fsp3) is 0.619. The van der Waals surface area contributed by atoms with E-state index in [4.69, 9.17) is 0 Å². The highest BCUT2D eigenvalue weighted by Gasteiger charge is 2.40. The highest BCUT2D eigenvalue weighted by molar-refractivity contribution is 8.01. The van der Waals surface area contributed by atoms with Gasteiger partial charge in [-0.3, -0.25) is 0 Å². The molecule has 0 radical (unpaired) electrons. The summed E-state index contributed by atoms with van der Waals surface area (Å²) >= 11 is 1.96. The van der Waals surface area contributed by atoms with Crippen LogP contribution in [0.2, 0.25) is 0 Å². The van der Waals surface area contributed by atoms with Crippen LogP contribution in [0.4, 0.5) is 5.69 Å². The minimum atomic E-state index is -0.0525. The highest BCUT2D eigenvalue weighted by Crippen LogP contribution is 2.51. The van der Waals surface area contributed by atoms with Crippen molar-refractivity contribution in [3.63, 3.8) is 0 Å². The van der Waals surface area contributed by atoms with E-state index in [0.29, 0.717) is 0 Å². The van der Waals surface area contributed by atoms with Crippen molar-refractivity contribution in [3.8, 4) is 11.8 Å². The number of anilines is 1. The van der Waals surface area contributed by atoms with Gasteiger partial charge in [-0.2, -0.15) is 0 Å². The van der Waals surface area contributed by atoms with Crippen LogP contribution in [0.25, 0.3) is 0 Å². The predicted molar refractivity (Wildman–Crippen MR) is 104 cm³/mol. The third-order valence-corrected chi connectivity index (χ3v) is 6.09. The number of fused-ring (bicyclic) bond motifs is 1. The molecule has 126 valence electrons. The van der Waals surface area contributed by atoms with Crippen LogP contribution in [0.15, 0.2) is 29.2 Å². The molecular formula is C21H31NS. The molecule has 2 rings (SSSR count). The smallest absolute Gasteiger partial charge is 0.152 e. The molecule has 0 fully saturated rings. The highest BCUT2D eigenvalue weighted by atomic mass is 32.2. The van der Waals surface area contributed by atoms with Gasteiger partial charge in [-0.1, -0.05) is 81.7 Å². The molecule has 0 bridgehead atoms. The Morgan fingerprint density at radius 3 is 2.48 bits per heavy atom. The van der Waals surface area contributed by atoms with Crippen molar-refractivity contribution in [3.05, 3.63) is 24.3 Å². The molecule has 2 heteroatoms. The van der Waals surface area contributed by atoms with Crippen molar-refractivity contribution >= 4 is 17.4 Å². The number of para-hydroxylation sites is 1. The number of hydrogen-bond donors (Lipinski definition) is 0. The van der Waals surface area contributed by atoms with Gasteiger partial charge in [0.05, 0.1) is 5.69 Å². The molecule has 1 aromatic carbocycles. The minimum Gasteiger partial charge on any atom is -0.349 e. The molecule has 1 aliphatic rings. The van der Waals surface area contributed by atoms with Gasteiger partial charge in [0.15, 0.2) is 4.87 Å².